The number of aliphatic imine (C=N–C) groups is 1. The summed E-state index contributed by atoms with van der Waals surface area (Å²) in [7, 11) is 3.72. The predicted molar refractivity (Wildman–Crippen MR) is 102 cm³/mol. The van der Waals surface area contributed by atoms with E-state index >= 15 is 0 Å². The van der Waals surface area contributed by atoms with Crippen molar-refractivity contribution in [1.82, 2.24) is 10.1 Å². The van der Waals surface area contributed by atoms with Crippen LogP contribution in [-0.2, 0) is 6.42 Å². The number of rotatable bonds is 6. The lowest BCUT2D eigenvalue weighted by atomic mass is 10.1. The van der Waals surface area contributed by atoms with E-state index in [1.807, 2.05) is 64.9 Å². The van der Waals surface area contributed by atoms with Crippen molar-refractivity contribution in [3.63, 3.8) is 0 Å². The third kappa shape index (κ3) is 5.18. The average Bonchev–Trinajstić information content (AvgIpc) is 2.98. The van der Waals surface area contributed by atoms with Gasteiger partial charge < -0.3 is 14.2 Å². The molecule has 0 unspecified atom stereocenters. The number of amidine groups is 1. The van der Waals surface area contributed by atoms with Crippen molar-refractivity contribution in [3.8, 4) is 5.75 Å². The topological polar surface area (TPSA) is 67.9 Å². The molecule has 0 spiro atoms. The molecule has 0 saturated carbocycles. The lowest BCUT2D eigenvalue weighted by Gasteiger charge is -2.14. The first kappa shape index (κ1) is 19.7. The summed E-state index contributed by atoms with van der Waals surface area (Å²) in [6.07, 6.45) is 1.62. The minimum absolute atomic E-state index is 0.241. The van der Waals surface area contributed by atoms with Crippen LogP contribution < -0.4 is 4.74 Å². The van der Waals surface area contributed by atoms with E-state index in [-0.39, 0.29) is 5.91 Å². The highest BCUT2D eigenvalue weighted by Gasteiger charge is 2.12. The molecule has 0 aliphatic carbocycles. The summed E-state index contributed by atoms with van der Waals surface area (Å²) in [4.78, 5) is 18.2. The van der Waals surface area contributed by atoms with E-state index in [1.54, 1.807) is 0 Å². The van der Waals surface area contributed by atoms with Crippen molar-refractivity contribution < 1.29 is 14.1 Å². The van der Waals surface area contributed by atoms with Crippen molar-refractivity contribution in [1.29, 1.82) is 0 Å². The van der Waals surface area contributed by atoms with Gasteiger partial charge in [0.1, 0.15) is 17.3 Å². The molecule has 2 rings (SSSR count). The van der Waals surface area contributed by atoms with Crippen LogP contribution in [0.15, 0.2) is 27.7 Å². The minimum atomic E-state index is -0.241. The van der Waals surface area contributed by atoms with Crippen molar-refractivity contribution in [2.45, 2.75) is 40.5 Å². The molecule has 1 aromatic carbocycles. The monoisotopic (exact) mass is 357 g/mol. The molecule has 1 heterocycles. The second-order valence-corrected chi connectivity index (χ2v) is 6.68. The van der Waals surface area contributed by atoms with E-state index < -0.39 is 0 Å². The molecule has 0 aliphatic heterocycles. The SMILES string of the molecule is CC(=NC(=O)c1cc(C)c(OCCCc2cc(C)no2)c(C)c1)N(C)C. The van der Waals surface area contributed by atoms with Gasteiger partial charge in [0.2, 0.25) is 0 Å². The number of nitrogens with zero attached hydrogens (tertiary/aromatic N) is 3. The summed E-state index contributed by atoms with van der Waals surface area (Å²) in [5.74, 6) is 2.13. The minimum Gasteiger partial charge on any atom is -0.493 e. The molecule has 0 bridgehead atoms. The van der Waals surface area contributed by atoms with Gasteiger partial charge >= 0.3 is 0 Å². The first-order chi connectivity index (χ1) is 12.3. The number of benzene rings is 1. The van der Waals surface area contributed by atoms with Crippen LogP contribution in [0.2, 0.25) is 0 Å². The molecule has 6 heteroatoms. The first-order valence-electron chi connectivity index (χ1n) is 8.71. The lowest BCUT2D eigenvalue weighted by Crippen LogP contribution is -2.20. The highest BCUT2D eigenvalue weighted by atomic mass is 16.5. The Kier molecular flexibility index (Phi) is 6.55. The summed E-state index contributed by atoms with van der Waals surface area (Å²) >= 11 is 0. The molecule has 0 saturated heterocycles. The van der Waals surface area contributed by atoms with Crippen LogP contribution in [0, 0.1) is 20.8 Å². The smallest absolute Gasteiger partial charge is 0.278 e. The maximum absolute atomic E-state index is 12.3. The number of hydrogen-bond donors (Lipinski definition) is 0. The standard InChI is InChI=1S/C20H27N3O3/c1-13-10-17(20(24)21-16(4)23(5)6)11-14(2)19(13)25-9-7-8-18-12-15(3)22-26-18/h10-12H,7-9H2,1-6H3. The Morgan fingerprint density at radius 1 is 1.19 bits per heavy atom. The zero-order valence-electron chi connectivity index (χ0n) is 16.4. The fraction of sp³-hybridized carbons (Fsp3) is 0.450. The fourth-order valence-corrected chi connectivity index (χ4v) is 2.57. The van der Waals surface area contributed by atoms with E-state index in [1.165, 1.54) is 0 Å². The van der Waals surface area contributed by atoms with Gasteiger partial charge in [-0.25, -0.2) is 0 Å². The zero-order valence-corrected chi connectivity index (χ0v) is 16.4. The van der Waals surface area contributed by atoms with Gasteiger partial charge in [0.25, 0.3) is 5.91 Å². The molecule has 2 aromatic rings. The molecule has 0 fully saturated rings. The van der Waals surface area contributed by atoms with Crippen LogP contribution in [-0.4, -0.2) is 42.5 Å². The van der Waals surface area contributed by atoms with Crippen LogP contribution in [0.5, 0.6) is 5.75 Å². The summed E-state index contributed by atoms with van der Waals surface area (Å²) in [6.45, 7) is 8.18. The van der Waals surface area contributed by atoms with Gasteiger partial charge in [-0.2, -0.15) is 4.99 Å². The largest absolute Gasteiger partial charge is 0.493 e. The maximum Gasteiger partial charge on any atom is 0.278 e. The molecule has 0 radical (unpaired) electrons. The summed E-state index contributed by atoms with van der Waals surface area (Å²) in [5, 5.41) is 3.88. The van der Waals surface area contributed by atoms with Crippen molar-refractivity contribution in [2.24, 2.45) is 4.99 Å². The van der Waals surface area contributed by atoms with E-state index in [0.29, 0.717) is 18.0 Å². The van der Waals surface area contributed by atoms with Crippen LogP contribution in [0.25, 0.3) is 0 Å². The predicted octanol–water partition coefficient (Wildman–Crippen LogP) is 3.73. The number of aryl methyl sites for hydroxylation is 4. The molecule has 0 aliphatic rings. The number of carbonyl (C=O) groups is 1. The van der Waals surface area contributed by atoms with Gasteiger partial charge in [0.05, 0.1) is 12.3 Å². The van der Waals surface area contributed by atoms with Crippen LogP contribution >= 0.6 is 0 Å². The Hall–Kier alpha value is -2.63. The summed E-state index contributed by atoms with van der Waals surface area (Å²) < 4.78 is 11.1. The summed E-state index contributed by atoms with van der Waals surface area (Å²) in [5.41, 5.74) is 3.33. The Bertz CT molecular complexity index is 783. The Morgan fingerprint density at radius 3 is 2.38 bits per heavy atom. The van der Waals surface area contributed by atoms with Gasteiger partial charge in [-0.15, -0.1) is 0 Å². The third-order valence-corrected chi connectivity index (χ3v) is 4.11. The Morgan fingerprint density at radius 2 is 1.85 bits per heavy atom. The third-order valence-electron chi connectivity index (χ3n) is 4.11. The highest BCUT2D eigenvalue weighted by molar-refractivity contribution is 6.02. The first-order valence-corrected chi connectivity index (χ1v) is 8.71. The molecule has 1 amide bonds. The molecule has 6 nitrogen and oxygen atoms in total. The molecule has 140 valence electrons. The van der Waals surface area contributed by atoms with Gasteiger partial charge in [-0.05, 0) is 57.4 Å². The zero-order chi connectivity index (χ0) is 19.3. The van der Waals surface area contributed by atoms with Crippen molar-refractivity contribution in [3.05, 3.63) is 46.3 Å². The Labute approximate surface area is 154 Å². The van der Waals surface area contributed by atoms with Crippen LogP contribution in [0.4, 0.5) is 0 Å². The van der Waals surface area contributed by atoms with Gasteiger partial charge in [0, 0.05) is 32.1 Å². The van der Waals surface area contributed by atoms with E-state index in [2.05, 4.69) is 10.1 Å². The van der Waals surface area contributed by atoms with Gasteiger partial charge in [-0.1, -0.05) is 5.16 Å². The Balaban J connectivity index is 2.00. The molecule has 0 atom stereocenters. The molecular formula is C20H27N3O3. The van der Waals surface area contributed by atoms with E-state index in [4.69, 9.17) is 9.26 Å². The van der Waals surface area contributed by atoms with Crippen LogP contribution in [0.1, 0.15) is 46.3 Å². The molecule has 0 N–H and O–H groups in total. The van der Waals surface area contributed by atoms with Gasteiger partial charge in [-0.3, -0.25) is 4.79 Å². The second kappa shape index (κ2) is 8.65. The number of hydrogen-bond acceptors (Lipinski definition) is 4. The van der Waals surface area contributed by atoms with E-state index in [0.717, 1.165) is 41.2 Å². The number of aromatic nitrogens is 1. The molecule has 1 aromatic heterocycles. The number of ether oxygens (including phenoxy) is 1. The van der Waals surface area contributed by atoms with Gasteiger partial charge in [0.15, 0.2) is 0 Å². The number of carbonyl (C=O) groups excluding carboxylic acids is 1. The fourth-order valence-electron chi connectivity index (χ4n) is 2.57. The molecule has 26 heavy (non-hydrogen) atoms. The van der Waals surface area contributed by atoms with Crippen LogP contribution in [0.3, 0.4) is 0 Å². The van der Waals surface area contributed by atoms with Crippen molar-refractivity contribution >= 4 is 11.7 Å². The highest BCUT2D eigenvalue weighted by Crippen LogP contribution is 2.25. The average molecular weight is 357 g/mol. The molecular weight excluding hydrogens is 330 g/mol. The normalized spacial score (nSPS) is 11.5. The summed E-state index contributed by atoms with van der Waals surface area (Å²) in [6, 6.07) is 5.60. The second-order valence-electron chi connectivity index (χ2n) is 6.68. The number of amides is 1. The van der Waals surface area contributed by atoms with E-state index in [9.17, 15) is 4.79 Å². The maximum atomic E-state index is 12.3. The lowest BCUT2D eigenvalue weighted by molar-refractivity contribution is 0.100. The quantitative estimate of drug-likeness (QED) is 0.448. The van der Waals surface area contributed by atoms with Crippen molar-refractivity contribution in [2.75, 3.05) is 20.7 Å².